The maximum Gasteiger partial charge on any atom is 0.104 e. The summed E-state index contributed by atoms with van der Waals surface area (Å²) < 4.78 is 21.3. The van der Waals surface area contributed by atoms with E-state index < -0.39 is 0 Å². The van der Waals surface area contributed by atoms with Gasteiger partial charge in [-0.3, -0.25) is 9.97 Å². The molecule has 0 spiro atoms. The van der Waals surface area contributed by atoms with Crippen molar-refractivity contribution in [3.05, 3.63) is 22.8 Å². The third kappa shape index (κ3) is 3.96. The third-order valence-electron chi connectivity index (χ3n) is 3.33. The number of aryl methyl sites for hydroxylation is 2. The first-order valence-electron chi connectivity index (χ1n) is 6.94. The molecule has 1 aromatic rings. The second-order valence-electron chi connectivity index (χ2n) is 5.23. The molecule has 110 valence electrons. The SMILES string of the molecule is Cc1nc(COCC2CO2)c(C)nc1COCC1CO1. The van der Waals surface area contributed by atoms with Crippen molar-refractivity contribution >= 4 is 0 Å². The maximum atomic E-state index is 5.56. The Kier molecular flexibility index (Phi) is 4.26. The molecule has 2 atom stereocenters. The number of rotatable bonds is 8. The van der Waals surface area contributed by atoms with Crippen LogP contribution in [0.2, 0.25) is 0 Å². The largest absolute Gasteiger partial charge is 0.372 e. The molecule has 1 aromatic heterocycles. The second-order valence-corrected chi connectivity index (χ2v) is 5.23. The summed E-state index contributed by atoms with van der Waals surface area (Å²) >= 11 is 0. The maximum absolute atomic E-state index is 5.56. The molecule has 6 nitrogen and oxygen atoms in total. The van der Waals surface area contributed by atoms with E-state index in [0.717, 1.165) is 36.0 Å². The van der Waals surface area contributed by atoms with Crippen LogP contribution in [0.1, 0.15) is 22.8 Å². The van der Waals surface area contributed by atoms with Gasteiger partial charge in [0.1, 0.15) is 12.2 Å². The Bertz CT molecular complexity index is 429. The summed E-state index contributed by atoms with van der Waals surface area (Å²) in [5, 5.41) is 0. The lowest BCUT2D eigenvalue weighted by atomic mass is 10.2. The highest BCUT2D eigenvalue weighted by atomic mass is 16.6. The van der Waals surface area contributed by atoms with Crippen LogP contribution in [0.4, 0.5) is 0 Å². The van der Waals surface area contributed by atoms with Gasteiger partial charge in [0.05, 0.1) is 62.4 Å². The van der Waals surface area contributed by atoms with Crippen molar-refractivity contribution in [3.63, 3.8) is 0 Å². The highest BCUT2D eigenvalue weighted by Crippen LogP contribution is 2.14. The molecule has 0 aliphatic carbocycles. The van der Waals surface area contributed by atoms with Crippen LogP contribution < -0.4 is 0 Å². The van der Waals surface area contributed by atoms with E-state index >= 15 is 0 Å². The molecular weight excluding hydrogens is 260 g/mol. The van der Waals surface area contributed by atoms with Crippen LogP contribution in [-0.4, -0.2) is 48.6 Å². The number of hydrogen-bond acceptors (Lipinski definition) is 6. The first-order chi connectivity index (χ1) is 9.72. The van der Waals surface area contributed by atoms with Crippen LogP contribution in [0, 0.1) is 13.8 Å². The van der Waals surface area contributed by atoms with Gasteiger partial charge in [-0.25, -0.2) is 0 Å². The standard InChI is InChI=1S/C14H20N2O4/c1-9-13(7-17-3-11-5-19-11)16-10(2)14(15-9)8-18-4-12-6-20-12/h11-12H,3-8H2,1-2H3. The first kappa shape index (κ1) is 13.9. The minimum absolute atomic E-state index is 0.279. The van der Waals surface area contributed by atoms with Crippen LogP contribution >= 0.6 is 0 Å². The normalized spacial score (nSPS) is 23.9. The molecule has 2 aliphatic heterocycles. The molecule has 2 unspecified atom stereocenters. The first-order valence-corrected chi connectivity index (χ1v) is 6.94. The Hall–Kier alpha value is -1.08. The number of hydrogen-bond donors (Lipinski definition) is 0. The molecule has 0 bridgehead atoms. The van der Waals surface area contributed by atoms with E-state index in [1.165, 1.54) is 0 Å². The summed E-state index contributed by atoms with van der Waals surface area (Å²) in [5.41, 5.74) is 3.57. The quantitative estimate of drug-likeness (QED) is 0.660. The van der Waals surface area contributed by atoms with Gasteiger partial charge in [0.2, 0.25) is 0 Å². The molecule has 2 aliphatic rings. The van der Waals surface area contributed by atoms with Gasteiger partial charge in [-0.1, -0.05) is 0 Å². The average Bonchev–Trinajstić information content (AvgIpc) is 3.28. The molecule has 0 N–H and O–H groups in total. The van der Waals surface area contributed by atoms with Crippen molar-refractivity contribution in [1.82, 2.24) is 9.97 Å². The lowest BCUT2D eigenvalue weighted by Crippen LogP contribution is -2.10. The van der Waals surface area contributed by atoms with Gasteiger partial charge in [0.25, 0.3) is 0 Å². The van der Waals surface area contributed by atoms with Gasteiger partial charge < -0.3 is 18.9 Å². The fourth-order valence-electron chi connectivity index (χ4n) is 1.87. The lowest BCUT2D eigenvalue weighted by Gasteiger charge is -2.10. The van der Waals surface area contributed by atoms with Crippen molar-refractivity contribution in [2.24, 2.45) is 0 Å². The van der Waals surface area contributed by atoms with E-state index in [9.17, 15) is 0 Å². The molecular formula is C14H20N2O4. The Labute approximate surface area is 118 Å². The van der Waals surface area contributed by atoms with Crippen LogP contribution in [0.15, 0.2) is 0 Å². The van der Waals surface area contributed by atoms with Crippen molar-refractivity contribution in [3.8, 4) is 0 Å². The van der Waals surface area contributed by atoms with E-state index in [0.29, 0.717) is 26.4 Å². The zero-order valence-corrected chi connectivity index (χ0v) is 11.9. The summed E-state index contributed by atoms with van der Waals surface area (Å²) in [6.45, 7) is 7.75. The third-order valence-corrected chi connectivity index (χ3v) is 3.33. The van der Waals surface area contributed by atoms with Crippen molar-refractivity contribution in [2.75, 3.05) is 26.4 Å². The smallest absolute Gasteiger partial charge is 0.104 e. The van der Waals surface area contributed by atoms with Crippen LogP contribution in [0.25, 0.3) is 0 Å². The molecule has 0 saturated carbocycles. The number of aromatic nitrogens is 2. The summed E-state index contributed by atoms with van der Waals surface area (Å²) in [6.07, 6.45) is 0.559. The van der Waals surface area contributed by atoms with E-state index in [2.05, 4.69) is 9.97 Å². The van der Waals surface area contributed by atoms with Gasteiger partial charge in [-0.05, 0) is 13.8 Å². The molecule has 3 heterocycles. The second kappa shape index (κ2) is 6.13. The summed E-state index contributed by atoms with van der Waals surface area (Å²) in [4.78, 5) is 9.13. The summed E-state index contributed by atoms with van der Waals surface area (Å²) in [6, 6.07) is 0. The molecule has 0 amide bonds. The highest BCUT2D eigenvalue weighted by Gasteiger charge is 2.23. The minimum Gasteiger partial charge on any atom is -0.372 e. The highest BCUT2D eigenvalue weighted by molar-refractivity contribution is 5.18. The van der Waals surface area contributed by atoms with Gasteiger partial charge in [0, 0.05) is 0 Å². The minimum atomic E-state index is 0.279. The van der Waals surface area contributed by atoms with Crippen LogP contribution in [-0.2, 0) is 32.2 Å². The average molecular weight is 280 g/mol. The summed E-state index contributed by atoms with van der Waals surface area (Å²) in [7, 11) is 0. The molecule has 0 radical (unpaired) electrons. The van der Waals surface area contributed by atoms with Crippen molar-refractivity contribution in [1.29, 1.82) is 0 Å². The van der Waals surface area contributed by atoms with Crippen molar-refractivity contribution in [2.45, 2.75) is 39.3 Å². The van der Waals surface area contributed by atoms with E-state index in [4.69, 9.17) is 18.9 Å². The van der Waals surface area contributed by atoms with Crippen molar-refractivity contribution < 1.29 is 18.9 Å². The Balaban J connectivity index is 1.52. The van der Waals surface area contributed by atoms with E-state index in [1.807, 2.05) is 13.8 Å². The predicted octanol–water partition coefficient (Wildman–Crippen LogP) is 0.924. The van der Waals surface area contributed by atoms with Gasteiger partial charge in [0.15, 0.2) is 0 Å². The zero-order chi connectivity index (χ0) is 13.9. The molecule has 0 aromatic carbocycles. The van der Waals surface area contributed by atoms with Crippen LogP contribution in [0.5, 0.6) is 0 Å². The predicted molar refractivity (Wildman–Crippen MR) is 70.3 cm³/mol. The summed E-state index contributed by atoms with van der Waals surface area (Å²) in [5.74, 6) is 0. The van der Waals surface area contributed by atoms with Gasteiger partial charge in [-0.15, -0.1) is 0 Å². The Morgan fingerprint density at radius 1 is 0.900 bits per heavy atom. The van der Waals surface area contributed by atoms with Crippen LogP contribution in [0.3, 0.4) is 0 Å². The lowest BCUT2D eigenvalue weighted by molar-refractivity contribution is 0.0975. The van der Waals surface area contributed by atoms with E-state index in [-0.39, 0.29) is 12.2 Å². The van der Waals surface area contributed by atoms with E-state index in [1.54, 1.807) is 0 Å². The molecule has 6 heteroatoms. The molecule has 2 fully saturated rings. The monoisotopic (exact) mass is 280 g/mol. The van der Waals surface area contributed by atoms with Gasteiger partial charge in [-0.2, -0.15) is 0 Å². The van der Waals surface area contributed by atoms with Gasteiger partial charge >= 0.3 is 0 Å². The number of ether oxygens (including phenoxy) is 4. The molecule has 20 heavy (non-hydrogen) atoms. The number of nitrogens with zero attached hydrogens (tertiary/aromatic N) is 2. The Morgan fingerprint density at radius 2 is 1.30 bits per heavy atom. The topological polar surface area (TPSA) is 69.3 Å². The Morgan fingerprint density at radius 3 is 1.65 bits per heavy atom. The molecule has 2 saturated heterocycles. The fraction of sp³-hybridized carbons (Fsp3) is 0.714. The number of epoxide rings is 2. The fourth-order valence-corrected chi connectivity index (χ4v) is 1.87. The zero-order valence-electron chi connectivity index (χ0n) is 11.9. The molecule has 3 rings (SSSR count).